The number of nitrogens with zero attached hydrogens (tertiary/aromatic N) is 2. The van der Waals surface area contributed by atoms with E-state index in [2.05, 4.69) is 9.97 Å². The van der Waals surface area contributed by atoms with E-state index in [1.54, 1.807) is 31.5 Å². The third-order valence-corrected chi connectivity index (χ3v) is 2.63. The molecule has 2 heterocycles. The molecule has 0 unspecified atom stereocenters. The van der Waals surface area contributed by atoms with Crippen LogP contribution in [0.2, 0.25) is 0 Å². The molecule has 0 bridgehead atoms. The first-order valence-corrected chi connectivity index (χ1v) is 5.87. The summed E-state index contributed by atoms with van der Waals surface area (Å²) in [4.78, 5) is 19.8. The Morgan fingerprint density at radius 3 is 3.12 bits per heavy atom. The molecule has 0 aliphatic heterocycles. The first-order chi connectivity index (χ1) is 8.31. The van der Waals surface area contributed by atoms with Crippen molar-refractivity contribution in [1.82, 2.24) is 9.97 Å². The van der Waals surface area contributed by atoms with E-state index in [9.17, 15) is 4.79 Å². The fourth-order valence-electron chi connectivity index (χ4n) is 1.16. The summed E-state index contributed by atoms with van der Waals surface area (Å²) in [6.07, 6.45) is 3.19. The van der Waals surface area contributed by atoms with Crippen LogP contribution in [0.1, 0.15) is 16.6 Å². The summed E-state index contributed by atoms with van der Waals surface area (Å²) in [5.41, 5.74) is 1.54. The summed E-state index contributed by atoms with van der Waals surface area (Å²) in [7, 11) is 0. The topological polar surface area (TPSA) is 61.3 Å². The van der Waals surface area contributed by atoms with E-state index >= 15 is 0 Å². The molecule has 0 aromatic carbocycles. The Labute approximate surface area is 102 Å². The van der Waals surface area contributed by atoms with Gasteiger partial charge in [0.15, 0.2) is 4.88 Å². The SMILES string of the molecule is CCOC(=O)c1scnc1Oc1cccnc1. The van der Waals surface area contributed by atoms with Crippen LogP contribution in [0.3, 0.4) is 0 Å². The monoisotopic (exact) mass is 250 g/mol. The Morgan fingerprint density at radius 1 is 1.53 bits per heavy atom. The molecule has 6 heteroatoms. The average molecular weight is 250 g/mol. The Hall–Kier alpha value is -1.95. The van der Waals surface area contributed by atoms with E-state index in [0.29, 0.717) is 17.2 Å². The van der Waals surface area contributed by atoms with Gasteiger partial charge in [-0.2, -0.15) is 0 Å². The van der Waals surface area contributed by atoms with E-state index in [0.717, 1.165) is 0 Å². The van der Waals surface area contributed by atoms with Crippen LogP contribution in [-0.2, 0) is 4.74 Å². The first kappa shape index (κ1) is 11.5. The minimum Gasteiger partial charge on any atom is -0.462 e. The molecule has 0 atom stereocenters. The normalized spacial score (nSPS) is 9.94. The minimum atomic E-state index is -0.422. The van der Waals surface area contributed by atoms with Crippen molar-refractivity contribution in [3.05, 3.63) is 34.9 Å². The molecule has 0 aliphatic rings. The average Bonchev–Trinajstić information content (AvgIpc) is 2.79. The van der Waals surface area contributed by atoms with Crippen molar-refractivity contribution >= 4 is 17.3 Å². The smallest absolute Gasteiger partial charge is 0.353 e. The molecule has 88 valence electrons. The molecule has 0 amide bonds. The molecule has 0 radical (unpaired) electrons. The summed E-state index contributed by atoms with van der Waals surface area (Å²) in [6, 6.07) is 3.48. The van der Waals surface area contributed by atoms with Gasteiger partial charge in [-0.1, -0.05) is 0 Å². The number of hydrogen-bond donors (Lipinski definition) is 0. The highest BCUT2D eigenvalue weighted by atomic mass is 32.1. The summed E-state index contributed by atoms with van der Waals surface area (Å²) < 4.78 is 10.4. The zero-order chi connectivity index (χ0) is 12.1. The van der Waals surface area contributed by atoms with Crippen molar-refractivity contribution in [3.63, 3.8) is 0 Å². The summed E-state index contributed by atoms with van der Waals surface area (Å²) in [5, 5.41) is 0. The van der Waals surface area contributed by atoms with Crippen LogP contribution >= 0.6 is 11.3 Å². The van der Waals surface area contributed by atoms with E-state index < -0.39 is 5.97 Å². The molecular weight excluding hydrogens is 240 g/mol. The third kappa shape index (κ3) is 2.79. The van der Waals surface area contributed by atoms with Crippen molar-refractivity contribution in [2.45, 2.75) is 6.92 Å². The molecule has 0 saturated heterocycles. The summed E-state index contributed by atoms with van der Waals surface area (Å²) >= 11 is 1.19. The van der Waals surface area contributed by atoms with Crippen LogP contribution in [0.5, 0.6) is 11.6 Å². The lowest BCUT2D eigenvalue weighted by Gasteiger charge is -2.03. The van der Waals surface area contributed by atoms with E-state index in [4.69, 9.17) is 9.47 Å². The zero-order valence-electron chi connectivity index (χ0n) is 9.12. The Morgan fingerprint density at radius 2 is 2.41 bits per heavy atom. The van der Waals surface area contributed by atoms with Crippen LogP contribution in [0, 0.1) is 0 Å². The number of aromatic nitrogens is 2. The largest absolute Gasteiger partial charge is 0.462 e. The highest BCUT2D eigenvalue weighted by Crippen LogP contribution is 2.26. The van der Waals surface area contributed by atoms with Gasteiger partial charge in [0.1, 0.15) is 5.75 Å². The van der Waals surface area contributed by atoms with Gasteiger partial charge in [-0.15, -0.1) is 11.3 Å². The molecule has 17 heavy (non-hydrogen) atoms. The summed E-state index contributed by atoms with van der Waals surface area (Å²) in [6.45, 7) is 2.07. The minimum absolute atomic E-state index is 0.251. The number of esters is 1. The number of pyridine rings is 1. The van der Waals surface area contributed by atoms with Crippen molar-refractivity contribution in [3.8, 4) is 11.6 Å². The van der Waals surface area contributed by atoms with Gasteiger partial charge >= 0.3 is 5.97 Å². The van der Waals surface area contributed by atoms with Crippen LogP contribution in [0.25, 0.3) is 0 Å². The molecule has 2 aromatic heterocycles. The second-order valence-corrected chi connectivity index (χ2v) is 3.85. The van der Waals surface area contributed by atoms with Gasteiger partial charge in [-0.25, -0.2) is 9.78 Å². The Balaban J connectivity index is 2.17. The van der Waals surface area contributed by atoms with Crippen LogP contribution in [0.4, 0.5) is 0 Å². The number of carbonyl (C=O) groups excluding carboxylic acids is 1. The van der Waals surface area contributed by atoms with Crippen molar-refractivity contribution < 1.29 is 14.3 Å². The van der Waals surface area contributed by atoms with E-state index in [1.807, 2.05) is 0 Å². The zero-order valence-corrected chi connectivity index (χ0v) is 9.94. The second-order valence-electron chi connectivity index (χ2n) is 3.00. The Kier molecular flexibility index (Phi) is 3.66. The van der Waals surface area contributed by atoms with Crippen LogP contribution < -0.4 is 4.74 Å². The third-order valence-electron chi connectivity index (χ3n) is 1.84. The lowest BCUT2D eigenvalue weighted by molar-refractivity contribution is 0.0529. The predicted octanol–water partition coefficient (Wildman–Crippen LogP) is 2.51. The van der Waals surface area contributed by atoms with Crippen LogP contribution in [0.15, 0.2) is 30.0 Å². The van der Waals surface area contributed by atoms with Gasteiger partial charge in [-0.3, -0.25) is 4.98 Å². The van der Waals surface area contributed by atoms with Crippen molar-refractivity contribution in [1.29, 1.82) is 0 Å². The number of carbonyl (C=O) groups is 1. The van der Waals surface area contributed by atoms with Gasteiger partial charge in [0.25, 0.3) is 0 Å². The maximum Gasteiger partial charge on any atom is 0.353 e. The van der Waals surface area contributed by atoms with E-state index in [1.165, 1.54) is 16.8 Å². The first-order valence-electron chi connectivity index (χ1n) is 4.99. The molecule has 0 N–H and O–H groups in total. The highest BCUT2D eigenvalue weighted by Gasteiger charge is 2.17. The van der Waals surface area contributed by atoms with Gasteiger partial charge in [-0.05, 0) is 19.1 Å². The number of ether oxygens (including phenoxy) is 2. The molecule has 0 aliphatic carbocycles. The maximum atomic E-state index is 11.6. The molecule has 0 fully saturated rings. The number of rotatable bonds is 4. The fourth-order valence-corrected chi connectivity index (χ4v) is 1.76. The molecule has 2 aromatic rings. The molecular formula is C11H10N2O3S. The fraction of sp³-hybridized carbons (Fsp3) is 0.182. The van der Waals surface area contributed by atoms with Crippen molar-refractivity contribution in [2.24, 2.45) is 0 Å². The lowest BCUT2D eigenvalue weighted by Crippen LogP contribution is -2.04. The van der Waals surface area contributed by atoms with Gasteiger partial charge in [0.05, 0.1) is 18.3 Å². The predicted molar refractivity (Wildman–Crippen MR) is 62.4 cm³/mol. The van der Waals surface area contributed by atoms with Crippen LogP contribution in [-0.4, -0.2) is 22.5 Å². The van der Waals surface area contributed by atoms with Gasteiger partial charge < -0.3 is 9.47 Å². The van der Waals surface area contributed by atoms with E-state index in [-0.39, 0.29) is 5.88 Å². The van der Waals surface area contributed by atoms with Crippen molar-refractivity contribution in [2.75, 3.05) is 6.61 Å². The second kappa shape index (κ2) is 5.40. The molecule has 2 rings (SSSR count). The molecule has 0 spiro atoms. The van der Waals surface area contributed by atoms with Gasteiger partial charge in [0.2, 0.25) is 5.88 Å². The number of thiazole rings is 1. The maximum absolute atomic E-state index is 11.6. The highest BCUT2D eigenvalue weighted by molar-refractivity contribution is 7.12. The number of hydrogen-bond acceptors (Lipinski definition) is 6. The van der Waals surface area contributed by atoms with Gasteiger partial charge in [0, 0.05) is 6.20 Å². The quantitative estimate of drug-likeness (QED) is 0.780. The lowest BCUT2D eigenvalue weighted by atomic mass is 10.4. The Bertz CT molecular complexity index is 498. The molecule has 0 saturated carbocycles. The summed E-state index contributed by atoms with van der Waals surface area (Å²) in [5.74, 6) is 0.360. The standard InChI is InChI=1S/C11H10N2O3S/c1-2-15-11(14)9-10(13-7-17-9)16-8-4-3-5-12-6-8/h3-7H,2H2,1H3. The molecule has 5 nitrogen and oxygen atoms in total.